The average Bonchev–Trinajstić information content (AvgIpc) is 3.63. The number of rotatable bonds is 12. The van der Waals surface area contributed by atoms with E-state index in [4.69, 9.17) is 24.3 Å². The van der Waals surface area contributed by atoms with Gasteiger partial charge < -0.3 is 30.0 Å². The van der Waals surface area contributed by atoms with Gasteiger partial charge in [-0.2, -0.15) is 0 Å². The van der Waals surface area contributed by atoms with E-state index in [-0.39, 0.29) is 13.2 Å². The molecular formula is C25H35N3O4. The summed E-state index contributed by atoms with van der Waals surface area (Å²) < 4.78 is 17.0. The molecule has 0 unspecified atom stereocenters. The summed E-state index contributed by atoms with van der Waals surface area (Å²) in [6.07, 6.45) is 2.55. The zero-order valence-electron chi connectivity index (χ0n) is 19.3. The average molecular weight is 442 g/mol. The molecule has 2 aromatic carbocycles. The smallest absolute Gasteiger partial charge is 0.191 e. The lowest BCUT2D eigenvalue weighted by atomic mass is 10.1. The summed E-state index contributed by atoms with van der Waals surface area (Å²) in [5.41, 5.74) is 3.31. The Bertz CT molecular complexity index is 897. The van der Waals surface area contributed by atoms with E-state index in [1.54, 1.807) is 7.11 Å². The van der Waals surface area contributed by atoms with Gasteiger partial charge in [-0.3, -0.25) is 0 Å². The summed E-state index contributed by atoms with van der Waals surface area (Å²) in [5, 5.41) is 15.7. The molecule has 0 amide bonds. The predicted octanol–water partition coefficient (Wildman–Crippen LogP) is 3.42. The highest BCUT2D eigenvalue weighted by molar-refractivity contribution is 5.79. The molecule has 1 aliphatic rings. The largest absolute Gasteiger partial charge is 0.493 e. The van der Waals surface area contributed by atoms with Crippen LogP contribution in [-0.2, 0) is 13.1 Å². The van der Waals surface area contributed by atoms with Gasteiger partial charge in [-0.1, -0.05) is 18.2 Å². The third-order valence-corrected chi connectivity index (χ3v) is 5.18. The Balaban J connectivity index is 1.64. The molecule has 3 N–H and O–H groups in total. The summed E-state index contributed by atoms with van der Waals surface area (Å²) in [6, 6.07) is 12.0. The number of aliphatic hydroxyl groups is 1. The molecule has 0 aliphatic heterocycles. The van der Waals surface area contributed by atoms with Crippen molar-refractivity contribution < 1.29 is 19.3 Å². The molecule has 2 aromatic rings. The molecule has 0 spiro atoms. The molecule has 0 radical (unpaired) electrons. The molecule has 1 saturated carbocycles. The topological polar surface area (TPSA) is 84.3 Å². The molecule has 0 saturated heterocycles. The Morgan fingerprint density at radius 2 is 1.91 bits per heavy atom. The molecule has 1 aliphatic carbocycles. The zero-order chi connectivity index (χ0) is 22.8. The second kappa shape index (κ2) is 12.2. The Morgan fingerprint density at radius 1 is 1.06 bits per heavy atom. The molecule has 7 heteroatoms. The van der Waals surface area contributed by atoms with Crippen molar-refractivity contribution in [2.45, 2.75) is 39.8 Å². The van der Waals surface area contributed by atoms with E-state index in [0.29, 0.717) is 30.5 Å². The summed E-state index contributed by atoms with van der Waals surface area (Å²) in [5.74, 6) is 3.63. The van der Waals surface area contributed by atoms with Crippen LogP contribution in [0.2, 0.25) is 0 Å². The Labute approximate surface area is 190 Å². The Kier molecular flexibility index (Phi) is 9.04. The maximum absolute atomic E-state index is 8.96. The number of ether oxygens (including phenoxy) is 3. The lowest BCUT2D eigenvalue weighted by molar-refractivity contribution is 0.196. The van der Waals surface area contributed by atoms with Crippen LogP contribution in [0.25, 0.3) is 0 Å². The number of hydrogen-bond donors (Lipinski definition) is 3. The number of nitrogens with zero attached hydrogens (tertiary/aromatic N) is 1. The van der Waals surface area contributed by atoms with E-state index >= 15 is 0 Å². The fourth-order valence-electron chi connectivity index (χ4n) is 3.21. The van der Waals surface area contributed by atoms with Crippen molar-refractivity contribution in [1.82, 2.24) is 10.6 Å². The molecule has 1 fully saturated rings. The van der Waals surface area contributed by atoms with Crippen LogP contribution in [0, 0.1) is 12.8 Å². The van der Waals surface area contributed by atoms with Crippen LogP contribution in [0.1, 0.15) is 36.5 Å². The number of benzene rings is 2. The fourth-order valence-corrected chi connectivity index (χ4v) is 3.21. The van der Waals surface area contributed by atoms with Crippen molar-refractivity contribution in [1.29, 1.82) is 0 Å². The highest BCUT2D eigenvalue weighted by Gasteiger charge is 2.22. The molecule has 174 valence electrons. The van der Waals surface area contributed by atoms with E-state index in [1.807, 2.05) is 25.1 Å². The van der Waals surface area contributed by atoms with E-state index < -0.39 is 0 Å². The van der Waals surface area contributed by atoms with Gasteiger partial charge in [0, 0.05) is 18.7 Å². The Morgan fingerprint density at radius 3 is 2.62 bits per heavy atom. The molecule has 0 bridgehead atoms. The van der Waals surface area contributed by atoms with E-state index in [1.165, 1.54) is 18.4 Å². The molecule has 32 heavy (non-hydrogen) atoms. The summed E-state index contributed by atoms with van der Waals surface area (Å²) in [4.78, 5) is 4.71. The third kappa shape index (κ3) is 7.34. The van der Waals surface area contributed by atoms with Gasteiger partial charge in [0.15, 0.2) is 17.5 Å². The minimum atomic E-state index is -0.0404. The predicted molar refractivity (Wildman–Crippen MR) is 127 cm³/mol. The van der Waals surface area contributed by atoms with E-state index in [0.717, 1.165) is 36.0 Å². The maximum atomic E-state index is 8.96. The first-order valence-corrected chi connectivity index (χ1v) is 11.3. The molecule has 0 heterocycles. The number of aryl methyl sites for hydroxylation is 1. The van der Waals surface area contributed by atoms with Crippen molar-refractivity contribution in [2.75, 3.05) is 33.5 Å². The van der Waals surface area contributed by atoms with Crippen LogP contribution in [0.15, 0.2) is 41.4 Å². The van der Waals surface area contributed by atoms with Crippen LogP contribution in [0.5, 0.6) is 17.2 Å². The van der Waals surface area contributed by atoms with Crippen LogP contribution in [-0.4, -0.2) is 44.5 Å². The normalized spacial score (nSPS) is 13.6. The number of guanidine groups is 1. The summed E-state index contributed by atoms with van der Waals surface area (Å²) in [7, 11) is 1.60. The second-order valence-corrected chi connectivity index (χ2v) is 7.97. The van der Waals surface area contributed by atoms with Crippen molar-refractivity contribution in [3.8, 4) is 17.2 Å². The number of methoxy groups -OCH3 is 1. The van der Waals surface area contributed by atoms with Gasteiger partial charge in [0.1, 0.15) is 12.4 Å². The molecule has 7 nitrogen and oxygen atoms in total. The van der Waals surface area contributed by atoms with Crippen molar-refractivity contribution in [3.05, 3.63) is 53.1 Å². The quantitative estimate of drug-likeness (QED) is 0.346. The number of aliphatic hydroxyl groups excluding tert-OH is 1. The van der Waals surface area contributed by atoms with Crippen molar-refractivity contribution in [2.24, 2.45) is 10.9 Å². The third-order valence-electron chi connectivity index (χ3n) is 5.18. The van der Waals surface area contributed by atoms with Gasteiger partial charge in [0.05, 0.1) is 26.9 Å². The monoisotopic (exact) mass is 441 g/mol. The van der Waals surface area contributed by atoms with Crippen LogP contribution in [0.3, 0.4) is 0 Å². The van der Waals surface area contributed by atoms with Crippen molar-refractivity contribution >= 4 is 5.96 Å². The summed E-state index contributed by atoms with van der Waals surface area (Å²) >= 11 is 0. The second-order valence-electron chi connectivity index (χ2n) is 7.97. The SMILES string of the molecule is CCNC(=NCc1ccc(OCCO)c(OC)c1)NCc1ccc(C)cc1OCC1CC1. The lowest BCUT2D eigenvalue weighted by Gasteiger charge is -2.15. The molecule has 0 atom stereocenters. The lowest BCUT2D eigenvalue weighted by Crippen LogP contribution is -2.36. The van der Waals surface area contributed by atoms with Gasteiger partial charge in [-0.05, 0) is 61.9 Å². The molecule has 3 rings (SSSR count). The van der Waals surface area contributed by atoms with E-state index in [9.17, 15) is 0 Å². The minimum absolute atomic E-state index is 0.0404. The Hall–Kier alpha value is -2.93. The minimum Gasteiger partial charge on any atom is -0.493 e. The van der Waals surface area contributed by atoms with Gasteiger partial charge in [-0.15, -0.1) is 0 Å². The number of nitrogens with one attached hydrogen (secondary N) is 2. The van der Waals surface area contributed by atoms with Gasteiger partial charge in [0.2, 0.25) is 0 Å². The molecule has 0 aromatic heterocycles. The first-order valence-electron chi connectivity index (χ1n) is 11.3. The van der Waals surface area contributed by atoms with E-state index in [2.05, 4.69) is 35.8 Å². The molecular weight excluding hydrogens is 406 g/mol. The maximum Gasteiger partial charge on any atom is 0.191 e. The highest BCUT2D eigenvalue weighted by atomic mass is 16.5. The zero-order valence-corrected chi connectivity index (χ0v) is 19.3. The number of hydrogen-bond acceptors (Lipinski definition) is 5. The van der Waals surface area contributed by atoms with Gasteiger partial charge in [0.25, 0.3) is 0 Å². The fraction of sp³-hybridized carbons (Fsp3) is 0.480. The van der Waals surface area contributed by atoms with Gasteiger partial charge in [-0.25, -0.2) is 4.99 Å². The van der Waals surface area contributed by atoms with Crippen LogP contribution >= 0.6 is 0 Å². The van der Waals surface area contributed by atoms with Crippen LogP contribution in [0.4, 0.5) is 0 Å². The van der Waals surface area contributed by atoms with Crippen molar-refractivity contribution in [3.63, 3.8) is 0 Å². The first kappa shape index (κ1) is 23.7. The standard InChI is InChI=1S/C25H35N3O4/c1-4-26-25(27-15-20-8-10-22(31-12-11-29)24(14-20)30-3)28-16-21-9-5-18(2)13-23(21)32-17-19-6-7-19/h5,8-10,13-14,19,29H,4,6-7,11-12,15-17H2,1-3H3,(H2,26,27,28). The van der Waals surface area contributed by atoms with Gasteiger partial charge >= 0.3 is 0 Å². The first-order chi connectivity index (χ1) is 15.6. The van der Waals surface area contributed by atoms with Crippen LogP contribution < -0.4 is 24.8 Å². The number of aliphatic imine (C=N–C) groups is 1. The highest BCUT2D eigenvalue weighted by Crippen LogP contribution is 2.31. The summed E-state index contributed by atoms with van der Waals surface area (Å²) in [6.45, 7) is 7.00.